The molecule has 0 amide bonds. The van der Waals surface area contributed by atoms with E-state index in [0.717, 1.165) is 31.6 Å². The van der Waals surface area contributed by atoms with Crippen LogP contribution in [0, 0.1) is 5.92 Å². The highest BCUT2D eigenvalue weighted by molar-refractivity contribution is 7.91. The predicted molar refractivity (Wildman–Crippen MR) is 77.3 cm³/mol. The van der Waals surface area contributed by atoms with E-state index in [0.29, 0.717) is 5.75 Å². The first-order valence-electron chi connectivity index (χ1n) is 7.40. The van der Waals surface area contributed by atoms with E-state index < -0.39 is 9.84 Å². The molecule has 1 fully saturated rings. The van der Waals surface area contributed by atoms with Crippen molar-refractivity contribution in [3.8, 4) is 0 Å². The molecule has 2 unspecified atom stereocenters. The zero-order valence-corrected chi connectivity index (χ0v) is 12.8. The van der Waals surface area contributed by atoms with Crippen molar-refractivity contribution in [2.75, 3.05) is 11.5 Å². The van der Waals surface area contributed by atoms with E-state index in [-0.39, 0.29) is 11.3 Å². The van der Waals surface area contributed by atoms with Crippen LogP contribution in [0.1, 0.15) is 65.2 Å². The Morgan fingerprint density at radius 2 is 1.94 bits per heavy atom. The summed E-state index contributed by atoms with van der Waals surface area (Å²) in [7, 11) is -2.83. The van der Waals surface area contributed by atoms with Crippen LogP contribution in [0.25, 0.3) is 0 Å². The highest BCUT2D eigenvalue weighted by Gasteiger charge is 2.28. The Hall–Kier alpha value is -0.0900. The Kier molecular flexibility index (Phi) is 6.12. The molecule has 0 saturated heterocycles. The molecule has 4 heteroatoms. The molecule has 0 heterocycles. The van der Waals surface area contributed by atoms with Crippen molar-refractivity contribution in [2.24, 2.45) is 11.7 Å². The molecule has 18 heavy (non-hydrogen) atoms. The van der Waals surface area contributed by atoms with Crippen molar-refractivity contribution in [1.29, 1.82) is 0 Å². The van der Waals surface area contributed by atoms with E-state index in [1.54, 1.807) is 6.92 Å². The Morgan fingerprint density at radius 1 is 1.22 bits per heavy atom. The van der Waals surface area contributed by atoms with Crippen molar-refractivity contribution < 1.29 is 8.42 Å². The van der Waals surface area contributed by atoms with E-state index in [4.69, 9.17) is 5.73 Å². The maximum atomic E-state index is 11.5. The van der Waals surface area contributed by atoms with Gasteiger partial charge < -0.3 is 5.73 Å². The summed E-state index contributed by atoms with van der Waals surface area (Å²) in [5.41, 5.74) is 6.35. The Labute approximate surface area is 112 Å². The fourth-order valence-electron chi connectivity index (χ4n) is 2.95. The molecule has 0 aromatic heterocycles. The molecule has 0 aromatic carbocycles. The summed E-state index contributed by atoms with van der Waals surface area (Å²) >= 11 is 0. The molecule has 3 nitrogen and oxygen atoms in total. The van der Waals surface area contributed by atoms with E-state index in [1.165, 1.54) is 25.7 Å². The second-order valence-electron chi connectivity index (χ2n) is 5.91. The molecule has 1 aliphatic carbocycles. The van der Waals surface area contributed by atoms with Gasteiger partial charge in [0.25, 0.3) is 0 Å². The van der Waals surface area contributed by atoms with Crippen LogP contribution in [0.5, 0.6) is 0 Å². The predicted octanol–water partition coefficient (Wildman–Crippen LogP) is 2.89. The number of hydrogen-bond acceptors (Lipinski definition) is 3. The monoisotopic (exact) mass is 275 g/mol. The quantitative estimate of drug-likeness (QED) is 0.758. The van der Waals surface area contributed by atoms with E-state index in [2.05, 4.69) is 6.92 Å². The van der Waals surface area contributed by atoms with Crippen LogP contribution in [-0.4, -0.2) is 25.5 Å². The van der Waals surface area contributed by atoms with Gasteiger partial charge in [-0.2, -0.15) is 0 Å². The van der Waals surface area contributed by atoms with Gasteiger partial charge in [0.1, 0.15) is 9.84 Å². The summed E-state index contributed by atoms with van der Waals surface area (Å²) in [4.78, 5) is 0. The minimum Gasteiger partial charge on any atom is -0.325 e. The van der Waals surface area contributed by atoms with Crippen molar-refractivity contribution >= 4 is 9.84 Å². The van der Waals surface area contributed by atoms with Crippen LogP contribution in [0.15, 0.2) is 0 Å². The fourth-order valence-corrected chi connectivity index (χ4v) is 3.82. The molecule has 0 aromatic rings. The summed E-state index contributed by atoms with van der Waals surface area (Å²) in [6.07, 6.45) is 8.69. The first-order valence-corrected chi connectivity index (χ1v) is 9.22. The molecule has 2 atom stereocenters. The number of hydrogen-bond donors (Lipinski definition) is 1. The number of rotatable bonds is 6. The van der Waals surface area contributed by atoms with Crippen molar-refractivity contribution in [1.82, 2.24) is 0 Å². The molecule has 1 saturated carbocycles. The SMILES string of the molecule is CCC1CCCC(N)(CCCS(=O)(=O)CC)CC1. The van der Waals surface area contributed by atoms with Crippen molar-refractivity contribution in [2.45, 2.75) is 70.8 Å². The topological polar surface area (TPSA) is 60.2 Å². The van der Waals surface area contributed by atoms with Gasteiger partial charge in [-0.3, -0.25) is 0 Å². The molecule has 1 rings (SSSR count). The third-order valence-corrected chi connectivity index (χ3v) is 6.28. The molecule has 0 spiro atoms. The summed E-state index contributed by atoms with van der Waals surface area (Å²) < 4.78 is 22.9. The van der Waals surface area contributed by atoms with Gasteiger partial charge in [-0.15, -0.1) is 0 Å². The lowest BCUT2D eigenvalue weighted by molar-refractivity contribution is 0.334. The van der Waals surface area contributed by atoms with Gasteiger partial charge in [0.2, 0.25) is 0 Å². The molecule has 0 radical (unpaired) electrons. The highest BCUT2D eigenvalue weighted by Crippen LogP contribution is 2.33. The Bertz CT molecular complexity index is 340. The summed E-state index contributed by atoms with van der Waals surface area (Å²) in [6, 6.07) is 0. The van der Waals surface area contributed by atoms with Crippen molar-refractivity contribution in [3.63, 3.8) is 0 Å². The van der Waals surface area contributed by atoms with Gasteiger partial charge >= 0.3 is 0 Å². The molecular weight excluding hydrogens is 246 g/mol. The normalized spacial score (nSPS) is 30.1. The number of nitrogens with two attached hydrogens (primary N) is 1. The van der Waals surface area contributed by atoms with Gasteiger partial charge in [0.05, 0.1) is 5.75 Å². The van der Waals surface area contributed by atoms with Crippen molar-refractivity contribution in [3.05, 3.63) is 0 Å². The van der Waals surface area contributed by atoms with Crippen LogP contribution >= 0.6 is 0 Å². The maximum Gasteiger partial charge on any atom is 0.150 e. The largest absolute Gasteiger partial charge is 0.325 e. The van der Waals surface area contributed by atoms with Crippen LogP contribution in [0.2, 0.25) is 0 Å². The van der Waals surface area contributed by atoms with Gasteiger partial charge in [-0.1, -0.05) is 33.1 Å². The maximum absolute atomic E-state index is 11.5. The second-order valence-corrected chi connectivity index (χ2v) is 8.38. The molecular formula is C14H29NO2S. The van der Waals surface area contributed by atoms with Gasteiger partial charge in [0, 0.05) is 11.3 Å². The summed E-state index contributed by atoms with van der Waals surface area (Å²) in [5.74, 6) is 1.39. The minimum absolute atomic E-state index is 0.104. The van der Waals surface area contributed by atoms with E-state index >= 15 is 0 Å². The molecule has 0 bridgehead atoms. The van der Waals surface area contributed by atoms with Crippen LogP contribution in [-0.2, 0) is 9.84 Å². The highest BCUT2D eigenvalue weighted by atomic mass is 32.2. The first-order chi connectivity index (χ1) is 8.41. The lowest BCUT2D eigenvalue weighted by Gasteiger charge is -2.28. The average Bonchev–Trinajstić information content (AvgIpc) is 2.51. The number of sulfone groups is 1. The third-order valence-electron chi connectivity index (χ3n) is 4.48. The van der Waals surface area contributed by atoms with Gasteiger partial charge in [-0.05, 0) is 38.0 Å². The standard InChI is InChI=1S/C14H29NO2S/c1-3-13-7-5-9-14(15,11-8-13)10-6-12-18(16,17)4-2/h13H,3-12,15H2,1-2H3. The van der Waals surface area contributed by atoms with Gasteiger partial charge in [0.15, 0.2) is 0 Å². The molecule has 1 aliphatic rings. The van der Waals surface area contributed by atoms with E-state index in [1.807, 2.05) is 0 Å². The average molecular weight is 275 g/mol. The second kappa shape index (κ2) is 6.90. The Morgan fingerprint density at radius 3 is 2.56 bits per heavy atom. The third kappa shape index (κ3) is 5.27. The smallest absolute Gasteiger partial charge is 0.150 e. The first kappa shape index (κ1) is 16.0. The van der Waals surface area contributed by atoms with Crippen LogP contribution < -0.4 is 5.73 Å². The van der Waals surface area contributed by atoms with E-state index in [9.17, 15) is 8.42 Å². The lowest BCUT2D eigenvalue weighted by atomic mass is 9.86. The minimum atomic E-state index is -2.83. The summed E-state index contributed by atoms with van der Waals surface area (Å²) in [6.45, 7) is 3.97. The molecule has 108 valence electrons. The lowest BCUT2D eigenvalue weighted by Crippen LogP contribution is -2.39. The van der Waals surface area contributed by atoms with Gasteiger partial charge in [-0.25, -0.2) is 8.42 Å². The van der Waals surface area contributed by atoms with Crippen LogP contribution in [0.4, 0.5) is 0 Å². The molecule has 2 N–H and O–H groups in total. The van der Waals surface area contributed by atoms with Crippen LogP contribution in [0.3, 0.4) is 0 Å². The Balaban J connectivity index is 2.40. The fraction of sp³-hybridized carbons (Fsp3) is 1.00. The molecule has 0 aliphatic heterocycles. The zero-order valence-electron chi connectivity index (χ0n) is 12.0. The summed E-state index contributed by atoms with van der Waals surface area (Å²) in [5, 5.41) is 0. The zero-order chi connectivity index (χ0) is 13.6.